The van der Waals surface area contributed by atoms with Crippen molar-refractivity contribution in [3.63, 3.8) is 0 Å². The number of anilines is 6. The number of fused-ring (bicyclic) bond motifs is 3. The van der Waals surface area contributed by atoms with Crippen molar-refractivity contribution in [2.45, 2.75) is 52.4 Å². The van der Waals surface area contributed by atoms with Gasteiger partial charge in [-0.3, -0.25) is 0 Å². The topological polar surface area (TPSA) is 19.6 Å². The van der Waals surface area contributed by atoms with Gasteiger partial charge in [-0.2, -0.15) is 0 Å². The number of hydrogen-bond acceptors (Lipinski definition) is 3. The molecule has 0 aliphatic carbocycles. The number of nitrogens with zero attached hydrogens (tertiary/aromatic N) is 2. The minimum absolute atomic E-state index is 0.156. The summed E-state index contributed by atoms with van der Waals surface area (Å²) in [6.45, 7) is 13.2. The summed E-state index contributed by atoms with van der Waals surface area (Å²) >= 11 is 14.2. The molecule has 1 aromatic heterocycles. The zero-order valence-corrected chi connectivity index (χ0v) is 46.4. The molecule has 12 aromatic rings. The van der Waals surface area contributed by atoms with Crippen LogP contribution in [0.1, 0.15) is 60.9 Å². The van der Waals surface area contributed by atoms with Crippen LogP contribution in [0.4, 0.5) is 34.1 Å². The van der Waals surface area contributed by atoms with Crippen molar-refractivity contribution >= 4 is 79.3 Å². The van der Waals surface area contributed by atoms with Gasteiger partial charge in [0.15, 0.2) is 0 Å². The number of hydrogen-bond donors (Lipinski definition) is 0. The lowest BCUT2D eigenvalue weighted by atomic mass is 9.81. The monoisotopic (exact) mass is 1070 g/mol. The standard InChI is InChI=1S/C74H60Cl2N2O/c1-73(2,3)55-42-64(49-23-11-7-12-24-49)71(65(43-55)50-25-13-8-14-26-50)77(59-33-21-31-57(75)46-59)61-39-54(53-37-38-70-68(41-53)63-35-19-20-36-69(63)79-70)40-62(48-61)78(60-34-22-32-58(76)47-60)72-66(51-27-15-9-16-28-51)44-56(74(4,5)6)45-67(72)52-29-17-10-18-30-52/h7-48H,1-6H3/i21D,22D,31D,32D,46D,47D. The smallest absolute Gasteiger partial charge is 0.135 e. The van der Waals surface area contributed by atoms with Crippen LogP contribution in [-0.2, 0) is 10.8 Å². The van der Waals surface area contributed by atoms with Gasteiger partial charge in [-0.1, -0.05) is 222 Å². The van der Waals surface area contributed by atoms with Crippen LogP contribution in [0.5, 0.6) is 0 Å². The second-order valence-corrected chi connectivity index (χ2v) is 22.8. The Hall–Kier alpha value is -8.60. The van der Waals surface area contributed by atoms with Gasteiger partial charge in [0.25, 0.3) is 0 Å². The molecule has 0 radical (unpaired) electrons. The number of rotatable bonds is 11. The Bertz CT molecular complexity index is 4190. The molecule has 0 aliphatic heterocycles. The zero-order valence-electron chi connectivity index (χ0n) is 50.8. The molecule has 0 spiro atoms. The molecule has 0 saturated carbocycles. The maximum atomic E-state index is 10.1. The van der Waals surface area contributed by atoms with Gasteiger partial charge in [0.1, 0.15) is 11.2 Å². The average Bonchev–Trinajstić information content (AvgIpc) is 2.05. The van der Waals surface area contributed by atoms with Crippen LogP contribution in [0, 0.1) is 0 Å². The Morgan fingerprint density at radius 3 is 1.14 bits per heavy atom. The second kappa shape index (κ2) is 21.0. The first kappa shape index (κ1) is 44.4. The van der Waals surface area contributed by atoms with Crippen LogP contribution in [0.25, 0.3) is 77.6 Å². The first-order chi connectivity index (χ1) is 40.7. The predicted octanol–water partition coefficient (Wildman–Crippen LogP) is 22.8. The number of halogens is 2. The molecule has 386 valence electrons. The third-order valence-electron chi connectivity index (χ3n) is 14.6. The van der Waals surface area contributed by atoms with Crippen LogP contribution in [-0.4, -0.2) is 0 Å². The van der Waals surface area contributed by atoms with Gasteiger partial charge in [0, 0.05) is 65.8 Å². The summed E-state index contributed by atoms with van der Waals surface area (Å²) in [5.41, 5.74) is 14.3. The zero-order chi connectivity index (χ0) is 59.6. The SMILES string of the molecule is [2H]c1cc(N(c2cc(-c3ccc4oc5ccccc5c4c3)cc(N(c3cc([2H])c([2H])c(Cl)c3[2H])c3c(-c4ccccc4)cc(C(C)(C)C)cc3-c3ccccc3)c2)c2c(-c3ccccc3)cc(C(C)(C)C)cc2-c2ccccc2)c([2H])c(Cl)c1[2H]. The van der Waals surface area contributed by atoms with E-state index >= 15 is 0 Å². The van der Waals surface area contributed by atoms with Crippen LogP contribution in [0.2, 0.25) is 10.0 Å². The Morgan fingerprint density at radius 1 is 0.354 bits per heavy atom. The van der Waals surface area contributed by atoms with E-state index in [1.54, 1.807) is 12.1 Å². The van der Waals surface area contributed by atoms with Gasteiger partial charge in [0.2, 0.25) is 0 Å². The number of furan rings is 1. The fourth-order valence-electron chi connectivity index (χ4n) is 10.6. The molecular formula is C74H60Cl2N2O. The molecular weight excluding hydrogens is 1000 g/mol. The minimum atomic E-state index is -0.332. The van der Waals surface area contributed by atoms with E-state index in [1.807, 2.05) is 125 Å². The van der Waals surface area contributed by atoms with E-state index in [0.29, 0.717) is 28.3 Å². The predicted molar refractivity (Wildman–Crippen MR) is 338 cm³/mol. The molecule has 0 bridgehead atoms. The van der Waals surface area contributed by atoms with E-state index in [2.05, 4.69) is 133 Å². The molecule has 0 aliphatic rings. The van der Waals surface area contributed by atoms with E-state index in [1.165, 1.54) is 0 Å². The second-order valence-electron chi connectivity index (χ2n) is 22.0. The molecule has 79 heavy (non-hydrogen) atoms. The Morgan fingerprint density at radius 2 is 0.734 bits per heavy atom. The van der Waals surface area contributed by atoms with Gasteiger partial charge in [-0.25, -0.2) is 0 Å². The largest absolute Gasteiger partial charge is 0.456 e. The maximum Gasteiger partial charge on any atom is 0.135 e. The third-order valence-corrected chi connectivity index (χ3v) is 15.0. The Balaban J connectivity index is 1.31. The molecule has 12 rings (SSSR count). The van der Waals surface area contributed by atoms with Crippen molar-refractivity contribution in [1.82, 2.24) is 0 Å². The van der Waals surface area contributed by atoms with Gasteiger partial charge in [-0.05, 0) is 152 Å². The van der Waals surface area contributed by atoms with E-state index < -0.39 is 0 Å². The van der Waals surface area contributed by atoms with E-state index in [-0.39, 0.29) is 68.5 Å². The van der Waals surface area contributed by atoms with Crippen LogP contribution >= 0.6 is 23.2 Å². The van der Waals surface area contributed by atoms with Crippen LogP contribution in [0.3, 0.4) is 0 Å². The molecule has 0 fully saturated rings. The van der Waals surface area contributed by atoms with Crippen LogP contribution in [0.15, 0.2) is 259 Å². The third kappa shape index (κ3) is 10.2. The van der Waals surface area contributed by atoms with Crippen molar-refractivity contribution < 1.29 is 12.6 Å². The highest BCUT2D eigenvalue weighted by atomic mass is 35.5. The summed E-state index contributed by atoms with van der Waals surface area (Å²) in [4.78, 5) is 4.02. The summed E-state index contributed by atoms with van der Waals surface area (Å²) in [7, 11) is 0. The molecule has 11 aromatic carbocycles. The summed E-state index contributed by atoms with van der Waals surface area (Å²) < 4.78 is 63.3. The quantitative estimate of drug-likeness (QED) is 0.129. The molecule has 1 heterocycles. The van der Waals surface area contributed by atoms with Crippen molar-refractivity contribution in [3.05, 3.63) is 276 Å². The van der Waals surface area contributed by atoms with E-state index in [9.17, 15) is 5.48 Å². The molecule has 3 nitrogen and oxygen atoms in total. The van der Waals surface area contributed by atoms with Crippen molar-refractivity contribution in [2.75, 3.05) is 9.80 Å². The van der Waals surface area contributed by atoms with Crippen molar-refractivity contribution in [1.29, 1.82) is 0 Å². The highest BCUT2D eigenvalue weighted by molar-refractivity contribution is 6.31. The van der Waals surface area contributed by atoms with E-state index in [0.717, 1.165) is 83.1 Å². The Labute approximate surface area is 483 Å². The molecule has 0 saturated heterocycles. The van der Waals surface area contributed by atoms with Gasteiger partial charge in [-0.15, -0.1) is 0 Å². The summed E-state index contributed by atoms with van der Waals surface area (Å²) in [5.74, 6) is 0. The lowest BCUT2D eigenvalue weighted by Crippen LogP contribution is -2.18. The molecule has 0 N–H and O–H groups in total. The Kier molecular flexibility index (Phi) is 11.8. The molecule has 0 amide bonds. The summed E-state index contributed by atoms with van der Waals surface area (Å²) in [6.07, 6.45) is 0. The highest BCUT2D eigenvalue weighted by Crippen LogP contribution is 2.54. The lowest BCUT2D eigenvalue weighted by Gasteiger charge is -2.35. The van der Waals surface area contributed by atoms with Gasteiger partial charge in [0.05, 0.1) is 19.6 Å². The van der Waals surface area contributed by atoms with Gasteiger partial charge < -0.3 is 14.2 Å². The number of para-hydroxylation sites is 1. The summed E-state index contributed by atoms with van der Waals surface area (Å²) in [5, 5.41) is 1.48. The normalized spacial score (nSPS) is 12.9. The fraction of sp³-hybridized carbons (Fsp3) is 0.108. The maximum absolute atomic E-state index is 10.1. The molecule has 0 unspecified atom stereocenters. The highest BCUT2D eigenvalue weighted by Gasteiger charge is 2.30. The first-order valence-corrected chi connectivity index (χ1v) is 27.3. The lowest BCUT2D eigenvalue weighted by molar-refractivity contribution is 0.590. The molecule has 5 heteroatoms. The molecule has 0 atom stereocenters. The van der Waals surface area contributed by atoms with Crippen molar-refractivity contribution in [3.8, 4) is 55.6 Å². The van der Waals surface area contributed by atoms with Crippen molar-refractivity contribution in [2.24, 2.45) is 0 Å². The fourth-order valence-corrected chi connectivity index (χ4v) is 10.9. The van der Waals surface area contributed by atoms with Gasteiger partial charge >= 0.3 is 0 Å². The van der Waals surface area contributed by atoms with Crippen LogP contribution < -0.4 is 9.80 Å². The summed E-state index contributed by atoms with van der Waals surface area (Å²) in [6, 6.07) is 71.7. The average molecular weight is 1070 g/mol. The first-order valence-electron chi connectivity index (χ1n) is 29.5. The van der Waals surface area contributed by atoms with E-state index in [4.69, 9.17) is 30.4 Å². The minimum Gasteiger partial charge on any atom is -0.456 e. The number of benzene rings is 11.